The summed E-state index contributed by atoms with van der Waals surface area (Å²) in [6.45, 7) is 0. The van der Waals surface area contributed by atoms with Crippen molar-refractivity contribution < 1.29 is 9.47 Å². The van der Waals surface area contributed by atoms with Crippen molar-refractivity contribution in [3.05, 3.63) is 156 Å². The number of hydrogen-bond acceptors (Lipinski definition) is 2. The number of rotatable bonds is 4. The summed E-state index contributed by atoms with van der Waals surface area (Å²) in [7, 11) is 0. The first-order valence-corrected chi connectivity index (χ1v) is 12.9. The Bertz CT molecular complexity index is 1650. The van der Waals surface area contributed by atoms with E-state index in [4.69, 9.17) is 9.47 Å². The summed E-state index contributed by atoms with van der Waals surface area (Å²) < 4.78 is 12.6. The van der Waals surface area contributed by atoms with E-state index >= 15 is 0 Å². The van der Waals surface area contributed by atoms with Crippen LogP contribution in [0.4, 0.5) is 0 Å². The molecular formula is C35H26O2. The van der Waals surface area contributed by atoms with Crippen LogP contribution in [0.25, 0.3) is 21.9 Å². The van der Waals surface area contributed by atoms with E-state index < -0.39 is 0 Å². The third kappa shape index (κ3) is 3.91. The third-order valence-electron chi connectivity index (χ3n) is 7.33. The van der Waals surface area contributed by atoms with E-state index in [-0.39, 0.29) is 5.92 Å². The molecule has 0 aromatic heterocycles. The van der Waals surface area contributed by atoms with Crippen LogP contribution < -0.4 is 9.47 Å². The molecule has 5 aromatic carbocycles. The lowest BCUT2D eigenvalue weighted by Crippen LogP contribution is -2.13. The average Bonchev–Trinajstić information content (AvgIpc) is 2.97. The molecule has 1 aliphatic heterocycles. The Morgan fingerprint density at radius 3 is 2.27 bits per heavy atom. The maximum atomic E-state index is 6.35. The lowest BCUT2D eigenvalue weighted by Gasteiger charge is -2.26. The Balaban J connectivity index is 1.31. The zero-order valence-corrected chi connectivity index (χ0v) is 20.4. The highest BCUT2D eigenvalue weighted by Gasteiger charge is 2.25. The maximum absolute atomic E-state index is 6.35. The van der Waals surface area contributed by atoms with E-state index in [0.717, 1.165) is 47.0 Å². The molecule has 0 bridgehead atoms. The normalized spacial score (nSPS) is 14.9. The predicted octanol–water partition coefficient (Wildman–Crippen LogP) is 9.02. The minimum absolute atomic E-state index is 0.130. The Morgan fingerprint density at radius 2 is 1.38 bits per heavy atom. The molecule has 178 valence electrons. The molecule has 1 aliphatic carbocycles. The van der Waals surface area contributed by atoms with Crippen molar-refractivity contribution in [1.82, 2.24) is 0 Å². The van der Waals surface area contributed by atoms with Gasteiger partial charge in [0.05, 0.1) is 0 Å². The van der Waals surface area contributed by atoms with E-state index in [1.165, 1.54) is 27.5 Å². The van der Waals surface area contributed by atoms with Crippen LogP contribution in [0.1, 0.15) is 35.4 Å². The van der Waals surface area contributed by atoms with Gasteiger partial charge in [-0.1, -0.05) is 115 Å². The fraction of sp³-hybridized carbons (Fsp3) is 0.0857. The first-order chi connectivity index (χ1) is 18.3. The molecule has 0 saturated carbocycles. The van der Waals surface area contributed by atoms with Gasteiger partial charge in [-0.15, -0.1) is 0 Å². The highest BCUT2D eigenvalue weighted by Crippen LogP contribution is 2.45. The van der Waals surface area contributed by atoms with Crippen molar-refractivity contribution in [2.75, 3.05) is 0 Å². The van der Waals surface area contributed by atoms with E-state index in [9.17, 15) is 0 Å². The van der Waals surface area contributed by atoms with Crippen molar-refractivity contribution in [2.45, 2.75) is 18.8 Å². The molecule has 0 N–H and O–H groups in total. The standard InChI is InChI=1S/C35H26O2/c1-2-11-26(12-3-1)34(30-16-8-13-24-10-4-5-14-28(24)30)27-22-20-25(21-23-27)29-15-9-19-33-35(29)37-32-18-7-6-17-31(32)36-33/h1-5,7-16,18-23,34H,6,17H2. The summed E-state index contributed by atoms with van der Waals surface area (Å²) >= 11 is 0. The summed E-state index contributed by atoms with van der Waals surface area (Å²) in [6.07, 6.45) is 6.02. The first kappa shape index (κ1) is 21.7. The van der Waals surface area contributed by atoms with E-state index in [1.54, 1.807) is 0 Å². The summed E-state index contributed by atoms with van der Waals surface area (Å²) in [4.78, 5) is 0. The first-order valence-electron chi connectivity index (χ1n) is 12.9. The van der Waals surface area contributed by atoms with Crippen LogP contribution in [0.15, 0.2) is 139 Å². The van der Waals surface area contributed by atoms with Crippen LogP contribution >= 0.6 is 0 Å². The lowest BCUT2D eigenvalue weighted by molar-refractivity contribution is 0.291. The topological polar surface area (TPSA) is 18.5 Å². The van der Waals surface area contributed by atoms with Gasteiger partial charge in [0, 0.05) is 17.9 Å². The Labute approximate surface area is 217 Å². The summed E-state index contributed by atoms with van der Waals surface area (Å²) in [5, 5.41) is 2.55. The lowest BCUT2D eigenvalue weighted by atomic mass is 9.82. The quantitative estimate of drug-likeness (QED) is 0.240. The fourth-order valence-corrected chi connectivity index (χ4v) is 5.54. The molecule has 0 radical (unpaired) electrons. The zero-order valence-electron chi connectivity index (χ0n) is 20.4. The maximum Gasteiger partial charge on any atom is 0.177 e. The molecule has 0 saturated heterocycles. The molecule has 1 heterocycles. The second-order valence-electron chi connectivity index (χ2n) is 9.60. The Hall–Kier alpha value is -4.56. The van der Waals surface area contributed by atoms with Gasteiger partial charge in [0.15, 0.2) is 17.3 Å². The molecule has 0 spiro atoms. The summed E-state index contributed by atoms with van der Waals surface area (Å²) in [6, 6.07) is 41.1. The van der Waals surface area contributed by atoms with Crippen LogP contribution in [-0.4, -0.2) is 0 Å². The number of allylic oxidation sites excluding steroid dienone is 3. The van der Waals surface area contributed by atoms with Crippen LogP contribution in [0.5, 0.6) is 11.5 Å². The molecule has 0 amide bonds. The molecule has 1 atom stereocenters. The molecule has 2 heteroatoms. The number of fused-ring (bicyclic) bond motifs is 2. The van der Waals surface area contributed by atoms with Crippen LogP contribution in [0, 0.1) is 0 Å². The van der Waals surface area contributed by atoms with E-state index in [1.807, 2.05) is 18.2 Å². The molecule has 7 rings (SSSR count). The highest BCUT2D eigenvalue weighted by molar-refractivity contribution is 5.87. The Morgan fingerprint density at radius 1 is 0.622 bits per heavy atom. The fourth-order valence-electron chi connectivity index (χ4n) is 5.54. The van der Waals surface area contributed by atoms with Crippen LogP contribution in [0.2, 0.25) is 0 Å². The smallest absolute Gasteiger partial charge is 0.177 e. The second-order valence-corrected chi connectivity index (χ2v) is 9.60. The number of para-hydroxylation sites is 1. The zero-order chi connectivity index (χ0) is 24.6. The second kappa shape index (κ2) is 9.15. The van der Waals surface area contributed by atoms with Gasteiger partial charge < -0.3 is 9.47 Å². The molecule has 2 aliphatic rings. The minimum atomic E-state index is 0.130. The van der Waals surface area contributed by atoms with Gasteiger partial charge in [0.1, 0.15) is 5.76 Å². The van der Waals surface area contributed by atoms with Crippen molar-refractivity contribution in [2.24, 2.45) is 0 Å². The van der Waals surface area contributed by atoms with Gasteiger partial charge in [0.2, 0.25) is 0 Å². The van der Waals surface area contributed by atoms with Gasteiger partial charge in [-0.2, -0.15) is 0 Å². The van der Waals surface area contributed by atoms with Gasteiger partial charge in [-0.25, -0.2) is 0 Å². The van der Waals surface area contributed by atoms with Gasteiger partial charge >= 0.3 is 0 Å². The number of benzene rings is 5. The van der Waals surface area contributed by atoms with E-state index in [0.29, 0.717) is 0 Å². The third-order valence-corrected chi connectivity index (χ3v) is 7.33. The summed E-state index contributed by atoms with van der Waals surface area (Å²) in [5.41, 5.74) is 6.00. The molecule has 0 fully saturated rings. The molecular weight excluding hydrogens is 452 g/mol. The SMILES string of the molecule is C1=CC2=C(CC1)Oc1cccc(-c3ccc(C(c4ccccc4)c4cccc5ccccc45)cc3)c1O2. The summed E-state index contributed by atoms with van der Waals surface area (Å²) in [5.74, 6) is 3.44. The van der Waals surface area contributed by atoms with Crippen LogP contribution in [-0.2, 0) is 0 Å². The van der Waals surface area contributed by atoms with Crippen LogP contribution in [0.3, 0.4) is 0 Å². The van der Waals surface area contributed by atoms with Gasteiger partial charge in [-0.3, -0.25) is 0 Å². The van der Waals surface area contributed by atoms with Gasteiger partial charge in [-0.05, 0) is 51.6 Å². The predicted molar refractivity (Wildman–Crippen MR) is 150 cm³/mol. The molecule has 37 heavy (non-hydrogen) atoms. The van der Waals surface area contributed by atoms with Crippen molar-refractivity contribution >= 4 is 10.8 Å². The molecule has 2 nitrogen and oxygen atoms in total. The Kier molecular flexibility index (Phi) is 5.36. The van der Waals surface area contributed by atoms with E-state index in [2.05, 4.69) is 109 Å². The van der Waals surface area contributed by atoms with Crippen molar-refractivity contribution in [1.29, 1.82) is 0 Å². The number of ether oxygens (including phenoxy) is 2. The molecule has 5 aromatic rings. The molecule has 1 unspecified atom stereocenters. The highest BCUT2D eigenvalue weighted by atomic mass is 16.6. The number of hydrogen-bond donors (Lipinski definition) is 0. The van der Waals surface area contributed by atoms with Crippen molar-refractivity contribution in [3.63, 3.8) is 0 Å². The van der Waals surface area contributed by atoms with Crippen molar-refractivity contribution in [3.8, 4) is 22.6 Å². The minimum Gasteiger partial charge on any atom is -0.454 e. The average molecular weight is 479 g/mol. The van der Waals surface area contributed by atoms with Gasteiger partial charge in [0.25, 0.3) is 0 Å². The largest absolute Gasteiger partial charge is 0.454 e. The monoisotopic (exact) mass is 478 g/mol.